The number of carbonyl (C=O) groups excluding carboxylic acids is 2. The van der Waals surface area contributed by atoms with Crippen LogP contribution in [0.5, 0.6) is 0 Å². The number of hydrogen-bond donors (Lipinski definition) is 2. The van der Waals surface area contributed by atoms with Crippen molar-refractivity contribution in [2.45, 2.75) is 11.3 Å². The minimum atomic E-state index is -3.65. The van der Waals surface area contributed by atoms with Crippen molar-refractivity contribution in [3.63, 3.8) is 0 Å². The third-order valence-corrected chi connectivity index (χ3v) is 4.83. The van der Waals surface area contributed by atoms with Crippen LogP contribution >= 0.6 is 0 Å². The summed E-state index contributed by atoms with van der Waals surface area (Å²) in [5.41, 5.74) is 1.20. The number of carbonyl (C=O) groups is 2. The van der Waals surface area contributed by atoms with Crippen LogP contribution in [0.15, 0.2) is 65.6 Å². The van der Waals surface area contributed by atoms with Gasteiger partial charge in [-0.25, -0.2) is 8.42 Å². The van der Waals surface area contributed by atoms with Gasteiger partial charge >= 0.3 is 0 Å². The molecule has 1 aliphatic heterocycles. The topological polar surface area (TPSA) is 92.3 Å². The van der Waals surface area contributed by atoms with Crippen molar-refractivity contribution in [3.8, 4) is 0 Å². The predicted octanol–water partition coefficient (Wildman–Crippen LogP) is 1.92. The van der Waals surface area contributed by atoms with E-state index >= 15 is 0 Å². The van der Waals surface area contributed by atoms with Crippen LogP contribution in [0.2, 0.25) is 0 Å². The van der Waals surface area contributed by atoms with E-state index in [0.717, 1.165) is 6.08 Å². The fourth-order valence-electron chi connectivity index (χ4n) is 2.38. The average molecular weight is 342 g/mol. The molecule has 122 valence electrons. The summed E-state index contributed by atoms with van der Waals surface area (Å²) in [4.78, 5) is 24.0. The van der Waals surface area contributed by atoms with Gasteiger partial charge in [0.1, 0.15) is 0 Å². The van der Waals surface area contributed by atoms with E-state index in [9.17, 15) is 18.0 Å². The molecule has 0 bridgehead atoms. The Labute approximate surface area is 139 Å². The van der Waals surface area contributed by atoms with Gasteiger partial charge in [-0.1, -0.05) is 36.4 Å². The van der Waals surface area contributed by atoms with Crippen molar-refractivity contribution in [2.75, 3.05) is 5.32 Å². The maximum absolute atomic E-state index is 12.0. The van der Waals surface area contributed by atoms with Crippen LogP contribution in [0.25, 0.3) is 5.70 Å². The van der Waals surface area contributed by atoms with Gasteiger partial charge in [-0.2, -0.15) is 0 Å². The van der Waals surface area contributed by atoms with Gasteiger partial charge in [0, 0.05) is 17.3 Å². The number of hydrogen-bond acceptors (Lipinski definition) is 4. The molecule has 1 aliphatic rings. The summed E-state index contributed by atoms with van der Waals surface area (Å²) >= 11 is 0. The first kappa shape index (κ1) is 15.9. The zero-order valence-electron chi connectivity index (χ0n) is 12.5. The van der Waals surface area contributed by atoms with Crippen LogP contribution in [0.3, 0.4) is 0 Å². The van der Waals surface area contributed by atoms with E-state index in [0.29, 0.717) is 11.3 Å². The molecule has 0 radical (unpaired) electrons. The van der Waals surface area contributed by atoms with Gasteiger partial charge in [0.15, 0.2) is 5.78 Å². The van der Waals surface area contributed by atoms with E-state index in [1.165, 1.54) is 6.07 Å². The van der Waals surface area contributed by atoms with Gasteiger partial charge in [-0.05, 0) is 18.2 Å². The van der Waals surface area contributed by atoms with Crippen molar-refractivity contribution in [1.82, 2.24) is 4.72 Å². The van der Waals surface area contributed by atoms with E-state index < -0.39 is 21.7 Å². The minimum Gasteiger partial charge on any atom is -0.326 e. The second kappa shape index (κ2) is 6.29. The zero-order valence-corrected chi connectivity index (χ0v) is 13.3. The van der Waals surface area contributed by atoms with Crippen LogP contribution in [-0.4, -0.2) is 20.1 Å². The second-order valence-electron chi connectivity index (χ2n) is 5.22. The standard InChI is InChI=1S/C17H14N2O4S/c20-13(11-17(21)18-12-6-2-1-3-7-12)10-15-14-8-4-5-9-16(14)24(22,23)19-15/h1-10,19H,11H2,(H,18,21)/b15-10-. The number of rotatable bonds is 4. The molecular weight excluding hydrogens is 328 g/mol. The van der Waals surface area contributed by atoms with E-state index in [4.69, 9.17) is 0 Å². The first-order chi connectivity index (χ1) is 11.5. The van der Waals surface area contributed by atoms with Gasteiger partial charge in [0.2, 0.25) is 5.91 Å². The molecule has 6 nitrogen and oxygen atoms in total. The van der Waals surface area contributed by atoms with Crippen molar-refractivity contribution in [2.24, 2.45) is 0 Å². The van der Waals surface area contributed by atoms with Gasteiger partial charge in [-0.3, -0.25) is 14.3 Å². The highest BCUT2D eigenvalue weighted by atomic mass is 32.2. The molecule has 0 unspecified atom stereocenters. The molecule has 0 fully saturated rings. The largest absolute Gasteiger partial charge is 0.326 e. The summed E-state index contributed by atoms with van der Waals surface area (Å²) in [6, 6.07) is 15.1. The van der Waals surface area contributed by atoms with Crippen LogP contribution in [0.4, 0.5) is 5.69 Å². The van der Waals surface area contributed by atoms with E-state index in [-0.39, 0.29) is 17.0 Å². The van der Waals surface area contributed by atoms with Crippen LogP contribution in [0, 0.1) is 0 Å². The Hall–Kier alpha value is -2.93. The van der Waals surface area contributed by atoms with Gasteiger partial charge in [0.25, 0.3) is 10.0 Å². The fourth-order valence-corrected chi connectivity index (χ4v) is 3.68. The summed E-state index contributed by atoms with van der Waals surface area (Å²) in [6.45, 7) is 0. The molecule has 7 heteroatoms. The molecule has 0 saturated carbocycles. The highest BCUT2D eigenvalue weighted by Crippen LogP contribution is 2.29. The number of sulfonamides is 1. The van der Waals surface area contributed by atoms with E-state index in [1.807, 2.05) is 6.07 Å². The van der Waals surface area contributed by atoms with Crippen LogP contribution in [-0.2, 0) is 19.6 Å². The predicted molar refractivity (Wildman–Crippen MR) is 89.4 cm³/mol. The molecule has 24 heavy (non-hydrogen) atoms. The van der Waals surface area contributed by atoms with Crippen molar-refractivity contribution in [3.05, 3.63) is 66.2 Å². The molecule has 0 aliphatic carbocycles. The lowest BCUT2D eigenvalue weighted by Gasteiger charge is -2.03. The number of nitrogens with one attached hydrogen (secondary N) is 2. The molecule has 0 atom stereocenters. The highest BCUT2D eigenvalue weighted by molar-refractivity contribution is 7.90. The maximum Gasteiger partial charge on any atom is 0.262 e. The monoisotopic (exact) mass is 342 g/mol. The Bertz CT molecular complexity index is 934. The lowest BCUT2D eigenvalue weighted by atomic mass is 10.1. The Morgan fingerprint density at radius 2 is 1.67 bits per heavy atom. The number of anilines is 1. The van der Waals surface area contributed by atoms with Gasteiger partial charge in [0.05, 0.1) is 17.0 Å². The number of fused-ring (bicyclic) bond motifs is 1. The Kier molecular flexibility index (Phi) is 4.18. The fraction of sp³-hybridized carbons (Fsp3) is 0.0588. The normalized spacial score (nSPS) is 16.2. The van der Waals surface area contributed by atoms with Crippen molar-refractivity contribution >= 4 is 33.1 Å². The van der Waals surface area contributed by atoms with Crippen LogP contribution < -0.4 is 10.0 Å². The van der Waals surface area contributed by atoms with Gasteiger partial charge < -0.3 is 5.32 Å². The molecule has 2 aromatic carbocycles. The van der Waals surface area contributed by atoms with Crippen molar-refractivity contribution < 1.29 is 18.0 Å². The number of benzene rings is 2. The first-order valence-electron chi connectivity index (χ1n) is 7.17. The molecule has 0 spiro atoms. The average Bonchev–Trinajstić information content (AvgIpc) is 2.79. The third kappa shape index (κ3) is 3.36. The number of allylic oxidation sites excluding steroid dienone is 1. The summed E-state index contributed by atoms with van der Waals surface area (Å²) in [7, 11) is -3.65. The van der Waals surface area contributed by atoms with Crippen molar-refractivity contribution in [1.29, 1.82) is 0 Å². The SMILES string of the molecule is O=C(/C=C1\NS(=O)(=O)c2ccccc21)CC(=O)Nc1ccccc1. The lowest BCUT2D eigenvalue weighted by Crippen LogP contribution is -2.17. The zero-order chi connectivity index (χ0) is 17.2. The van der Waals surface area contributed by atoms with Gasteiger partial charge in [-0.15, -0.1) is 0 Å². The molecule has 2 aromatic rings. The summed E-state index contributed by atoms with van der Waals surface area (Å²) < 4.78 is 26.3. The summed E-state index contributed by atoms with van der Waals surface area (Å²) in [5.74, 6) is -0.949. The molecule has 2 N–H and O–H groups in total. The number of amides is 1. The summed E-state index contributed by atoms with van der Waals surface area (Å²) in [6.07, 6.45) is 0.774. The van der Waals surface area contributed by atoms with E-state index in [2.05, 4.69) is 10.0 Å². The number of para-hydroxylation sites is 1. The molecule has 1 heterocycles. The first-order valence-corrected chi connectivity index (χ1v) is 8.66. The quantitative estimate of drug-likeness (QED) is 0.656. The van der Waals surface area contributed by atoms with E-state index in [1.54, 1.807) is 42.5 Å². The summed E-state index contributed by atoms with van der Waals surface area (Å²) in [5, 5.41) is 2.61. The molecule has 0 aromatic heterocycles. The second-order valence-corrected chi connectivity index (χ2v) is 6.87. The molecular formula is C17H14N2O4S. The molecule has 0 saturated heterocycles. The molecule has 1 amide bonds. The minimum absolute atomic E-state index is 0.123. The Balaban J connectivity index is 1.73. The smallest absolute Gasteiger partial charge is 0.262 e. The third-order valence-electron chi connectivity index (χ3n) is 3.41. The highest BCUT2D eigenvalue weighted by Gasteiger charge is 2.29. The molecule has 3 rings (SSSR count). The Morgan fingerprint density at radius 3 is 2.42 bits per heavy atom. The maximum atomic E-state index is 12.0. The lowest BCUT2D eigenvalue weighted by molar-refractivity contribution is -0.122. The Morgan fingerprint density at radius 1 is 1.00 bits per heavy atom. The number of ketones is 1. The van der Waals surface area contributed by atoms with Crippen LogP contribution in [0.1, 0.15) is 12.0 Å².